The number of nitro groups is 1. The Morgan fingerprint density at radius 1 is 1.36 bits per heavy atom. The predicted molar refractivity (Wildman–Crippen MR) is 98.4 cm³/mol. The number of non-ortho nitro benzene ring substituents is 1. The highest BCUT2D eigenvalue weighted by molar-refractivity contribution is 9.10. The first-order chi connectivity index (χ1) is 11.9. The van der Waals surface area contributed by atoms with Gasteiger partial charge in [-0.05, 0) is 59.1 Å². The van der Waals surface area contributed by atoms with Gasteiger partial charge in [0.25, 0.3) is 11.6 Å². The molecule has 8 heteroatoms. The number of anilines is 1. The molecule has 0 saturated heterocycles. The molecule has 1 aliphatic heterocycles. The van der Waals surface area contributed by atoms with Gasteiger partial charge < -0.3 is 9.64 Å². The van der Waals surface area contributed by atoms with Crippen molar-refractivity contribution in [1.82, 2.24) is 0 Å². The molecule has 1 heterocycles. The fourth-order valence-electron chi connectivity index (χ4n) is 2.76. The van der Waals surface area contributed by atoms with Crippen molar-refractivity contribution in [3.63, 3.8) is 0 Å². The second-order valence-electron chi connectivity index (χ2n) is 5.64. The van der Waals surface area contributed by atoms with Crippen molar-refractivity contribution in [2.75, 3.05) is 11.4 Å². The first kappa shape index (κ1) is 17.7. The Labute approximate surface area is 157 Å². The fraction of sp³-hybridized carbons (Fsp3) is 0.235. The van der Waals surface area contributed by atoms with Gasteiger partial charge >= 0.3 is 0 Å². The van der Waals surface area contributed by atoms with E-state index in [1.807, 2.05) is 0 Å². The van der Waals surface area contributed by atoms with E-state index in [1.165, 1.54) is 12.1 Å². The summed E-state index contributed by atoms with van der Waals surface area (Å²) in [5.41, 5.74) is 1.52. The van der Waals surface area contributed by atoms with Crippen LogP contribution in [0.3, 0.4) is 0 Å². The van der Waals surface area contributed by atoms with Crippen molar-refractivity contribution in [2.24, 2.45) is 0 Å². The minimum atomic E-state index is -0.710. The predicted octanol–water partition coefficient (Wildman–Crippen LogP) is 4.37. The molecule has 2 aromatic rings. The van der Waals surface area contributed by atoms with Gasteiger partial charge in [0.05, 0.1) is 9.40 Å². The van der Waals surface area contributed by atoms with Gasteiger partial charge in [-0.1, -0.05) is 11.6 Å². The largest absolute Gasteiger partial charge is 0.480 e. The molecule has 0 aromatic heterocycles. The molecule has 1 atom stereocenters. The minimum absolute atomic E-state index is 0.0300. The SMILES string of the molecule is CC(Oc1ccc(Cl)cc1Br)C(=O)N1CCc2cc([N+](=O)[O-])ccc21. The summed E-state index contributed by atoms with van der Waals surface area (Å²) in [4.78, 5) is 24.8. The number of benzene rings is 2. The Bertz CT molecular complexity index is 859. The van der Waals surface area contributed by atoms with Gasteiger partial charge in [0.2, 0.25) is 0 Å². The molecule has 1 amide bonds. The first-order valence-corrected chi connectivity index (χ1v) is 8.74. The molecule has 1 aliphatic rings. The number of amides is 1. The van der Waals surface area contributed by atoms with E-state index in [2.05, 4.69) is 15.9 Å². The molecule has 0 aliphatic carbocycles. The third-order valence-corrected chi connectivity index (χ3v) is 4.84. The monoisotopic (exact) mass is 424 g/mol. The third kappa shape index (κ3) is 3.62. The van der Waals surface area contributed by atoms with Gasteiger partial charge in [-0.25, -0.2) is 0 Å². The maximum atomic E-state index is 12.7. The quantitative estimate of drug-likeness (QED) is 0.539. The lowest BCUT2D eigenvalue weighted by Gasteiger charge is -2.22. The van der Waals surface area contributed by atoms with Crippen LogP contribution < -0.4 is 9.64 Å². The van der Waals surface area contributed by atoms with Gasteiger partial charge in [0.1, 0.15) is 5.75 Å². The van der Waals surface area contributed by atoms with Crippen molar-refractivity contribution < 1.29 is 14.5 Å². The topological polar surface area (TPSA) is 72.7 Å². The van der Waals surface area contributed by atoms with E-state index >= 15 is 0 Å². The van der Waals surface area contributed by atoms with Crippen molar-refractivity contribution >= 4 is 44.8 Å². The first-order valence-electron chi connectivity index (χ1n) is 7.57. The molecule has 25 heavy (non-hydrogen) atoms. The minimum Gasteiger partial charge on any atom is -0.480 e. The van der Waals surface area contributed by atoms with E-state index in [1.54, 1.807) is 36.1 Å². The summed E-state index contributed by atoms with van der Waals surface area (Å²) in [6.07, 6.45) is -0.126. The molecule has 0 bridgehead atoms. The van der Waals surface area contributed by atoms with Crippen LogP contribution in [0.25, 0.3) is 0 Å². The van der Waals surface area contributed by atoms with Crippen LogP contribution in [-0.2, 0) is 11.2 Å². The molecular formula is C17H14BrClN2O4. The number of carbonyl (C=O) groups excluding carboxylic acids is 1. The lowest BCUT2D eigenvalue weighted by Crippen LogP contribution is -2.39. The number of carbonyl (C=O) groups is 1. The van der Waals surface area contributed by atoms with Crippen molar-refractivity contribution in [1.29, 1.82) is 0 Å². The Kier molecular flexibility index (Phi) is 4.96. The van der Waals surface area contributed by atoms with Crippen LogP contribution in [0.1, 0.15) is 12.5 Å². The number of halogens is 2. The van der Waals surface area contributed by atoms with Gasteiger partial charge in [0.15, 0.2) is 6.10 Å². The fourth-order valence-corrected chi connectivity index (χ4v) is 3.54. The second-order valence-corrected chi connectivity index (χ2v) is 6.94. The summed E-state index contributed by atoms with van der Waals surface area (Å²) in [7, 11) is 0. The molecule has 0 spiro atoms. The van der Waals surface area contributed by atoms with Crippen LogP contribution >= 0.6 is 27.5 Å². The zero-order chi connectivity index (χ0) is 18.1. The van der Waals surface area contributed by atoms with Gasteiger partial charge in [-0.2, -0.15) is 0 Å². The van der Waals surface area contributed by atoms with Crippen LogP contribution in [-0.4, -0.2) is 23.5 Å². The van der Waals surface area contributed by atoms with Crippen molar-refractivity contribution in [2.45, 2.75) is 19.4 Å². The lowest BCUT2D eigenvalue weighted by molar-refractivity contribution is -0.384. The third-order valence-electron chi connectivity index (χ3n) is 3.98. The molecule has 0 radical (unpaired) electrons. The number of hydrogen-bond donors (Lipinski definition) is 0. The standard InChI is InChI=1S/C17H14BrClN2O4/c1-10(25-16-5-2-12(19)9-14(16)18)17(22)20-7-6-11-8-13(21(23)24)3-4-15(11)20/h2-5,8-10H,6-7H2,1H3. The summed E-state index contributed by atoms with van der Waals surface area (Å²) >= 11 is 9.26. The molecular weight excluding hydrogens is 412 g/mol. The molecule has 0 N–H and O–H groups in total. The summed E-state index contributed by atoms with van der Waals surface area (Å²) in [6, 6.07) is 9.61. The Morgan fingerprint density at radius 3 is 2.80 bits per heavy atom. The smallest absolute Gasteiger partial charge is 0.269 e. The number of rotatable bonds is 4. The molecule has 3 rings (SSSR count). The zero-order valence-electron chi connectivity index (χ0n) is 13.2. The highest BCUT2D eigenvalue weighted by atomic mass is 79.9. The lowest BCUT2D eigenvalue weighted by atomic mass is 10.1. The van der Waals surface area contributed by atoms with E-state index < -0.39 is 11.0 Å². The summed E-state index contributed by atoms with van der Waals surface area (Å²) in [6.45, 7) is 2.15. The number of nitro benzene ring substituents is 1. The van der Waals surface area contributed by atoms with Gasteiger partial charge in [0, 0.05) is 29.4 Å². The van der Waals surface area contributed by atoms with Crippen LogP contribution in [0.4, 0.5) is 11.4 Å². The summed E-state index contributed by atoms with van der Waals surface area (Å²) in [5.74, 6) is 0.322. The summed E-state index contributed by atoms with van der Waals surface area (Å²) in [5, 5.41) is 11.4. The maximum absolute atomic E-state index is 12.7. The Hall–Kier alpha value is -2.12. The molecule has 6 nitrogen and oxygen atoms in total. The van der Waals surface area contributed by atoms with E-state index in [4.69, 9.17) is 16.3 Å². The van der Waals surface area contributed by atoms with E-state index in [9.17, 15) is 14.9 Å². The number of hydrogen-bond acceptors (Lipinski definition) is 4. The number of ether oxygens (including phenoxy) is 1. The molecule has 0 fully saturated rings. The Balaban J connectivity index is 1.77. The van der Waals surface area contributed by atoms with Crippen LogP contribution in [0.2, 0.25) is 5.02 Å². The van der Waals surface area contributed by atoms with E-state index in [0.29, 0.717) is 33.9 Å². The molecule has 130 valence electrons. The number of nitrogens with zero attached hydrogens (tertiary/aromatic N) is 2. The number of fused-ring (bicyclic) bond motifs is 1. The molecule has 0 saturated carbocycles. The van der Waals surface area contributed by atoms with Crippen molar-refractivity contribution in [3.8, 4) is 5.75 Å². The van der Waals surface area contributed by atoms with Gasteiger partial charge in [-0.3, -0.25) is 14.9 Å². The normalized spacial score (nSPS) is 14.1. The van der Waals surface area contributed by atoms with Crippen LogP contribution in [0.15, 0.2) is 40.9 Å². The average Bonchev–Trinajstić information content (AvgIpc) is 2.99. The van der Waals surface area contributed by atoms with Crippen LogP contribution in [0.5, 0.6) is 5.75 Å². The van der Waals surface area contributed by atoms with E-state index in [-0.39, 0.29) is 11.6 Å². The average molecular weight is 426 g/mol. The molecule has 1 unspecified atom stereocenters. The maximum Gasteiger partial charge on any atom is 0.269 e. The second kappa shape index (κ2) is 7.01. The van der Waals surface area contributed by atoms with E-state index in [0.717, 1.165) is 5.56 Å². The summed E-state index contributed by atoms with van der Waals surface area (Å²) < 4.78 is 6.41. The Morgan fingerprint density at radius 2 is 2.12 bits per heavy atom. The van der Waals surface area contributed by atoms with Gasteiger partial charge in [-0.15, -0.1) is 0 Å². The van der Waals surface area contributed by atoms with Crippen LogP contribution in [0, 0.1) is 10.1 Å². The highest BCUT2D eigenvalue weighted by Gasteiger charge is 2.30. The zero-order valence-corrected chi connectivity index (χ0v) is 15.6. The van der Waals surface area contributed by atoms with Crippen molar-refractivity contribution in [3.05, 3.63) is 61.6 Å². The highest BCUT2D eigenvalue weighted by Crippen LogP contribution is 2.33. The molecule has 2 aromatic carbocycles.